The van der Waals surface area contributed by atoms with E-state index in [0.29, 0.717) is 11.5 Å². The highest BCUT2D eigenvalue weighted by atomic mass is 19.1. The van der Waals surface area contributed by atoms with Crippen LogP contribution in [0.2, 0.25) is 0 Å². The molecule has 0 bridgehead atoms. The average Bonchev–Trinajstić information content (AvgIpc) is 2.34. The predicted octanol–water partition coefficient (Wildman–Crippen LogP) is 2.82. The van der Waals surface area contributed by atoms with Gasteiger partial charge in [0.2, 0.25) is 0 Å². The summed E-state index contributed by atoms with van der Waals surface area (Å²) in [7, 11) is 1.93. The third kappa shape index (κ3) is 2.85. The summed E-state index contributed by atoms with van der Waals surface area (Å²) in [6.45, 7) is 3.59. The van der Waals surface area contributed by atoms with Gasteiger partial charge in [-0.05, 0) is 32.9 Å². The Morgan fingerprint density at radius 2 is 2.29 bits per heavy atom. The summed E-state index contributed by atoms with van der Waals surface area (Å²) in [6.07, 6.45) is 2.06. The molecule has 1 aliphatic heterocycles. The van der Waals surface area contributed by atoms with Gasteiger partial charge in [-0.2, -0.15) is 0 Å². The molecule has 1 fully saturated rings. The van der Waals surface area contributed by atoms with Gasteiger partial charge in [0.15, 0.2) is 0 Å². The number of aryl methyl sites for hydroxylation is 1. The Morgan fingerprint density at radius 3 is 3.06 bits per heavy atom. The fourth-order valence-corrected chi connectivity index (χ4v) is 2.54. The van der Waals surface area contributed by atoms with Crippen molar-refractivity contribution in [2.45, 2.75) is 25.9 Å². The monoisotopic (exact) mass is 237 g/mol. The zero-order chi connectivity index (χ0) is 12.3. The Balaban J connectivity index is 2.25. The maximum atomic E-state index is 13.9. The Hall–Kier alpha value is -0.930. The second-order valence-corrected chi connectivity index (χ2v) is 4.78. The minimum atomic E-state index is -0.149. The number of benzene rings is 1. The van der Waals surface area contributed by atoms with Gasteiger partial charge in [-0.25, -0.2) is 4.39 Å². The van der Waals surface area contributed by atoms with Gasteiger partial charge < -0.3 is 10.1 Å². The molecule has 2 rings (SSSR count). The first kappa shape index (κ1) is 12.5. The molecule has 1 N–H and O–H groups in total. The second kappa shape index (κ2) is 5.61. The van der Waals surface area contributed by atoms with Crippen LogP contribution in [0.4, 0.5) is 4.39 Å². The molecule has 0 amide bonds. The highest BCUT2D eigenvalue weighted by Crippen LogP contribution is 2.34. The van der Waals surface area contributed by atoms with Gasteiger partial charge in [-0.3, -0.25) is 0 Å². The average molecular weight is 237 g/mol. The minimum absolute atomic E-state index is 0.101. The molecule has 3 heteroatoms. The Bertz CT molecular complexity index is 378. The van der Waals surface area contributed by atoms with E-state index in [1.807, 2.05) is 20.0 Å². The summed E-state index contributed by atoms with van der Waals surface area (Å²) < 4.78 is 19.7. The van der Waals surface area contributed by atoms with Crippen molar-refractivity contribution < 1.29 is 9.13 Å². The Labute approximate surface area is 102 Å². The third-order valence-electron chi connectivity index (χ3n) is 3.37. The molecule has 0 aromatic heterocycles. The molecule has 0 aliphatic carbocycles. The molecule has 1 aromatic rings. The first-order chi connectivity index (χ1) is 8.22. The highest BCUT2D eigenvalue weighted by Gasteiger charge is 2.28. The van der Waals surface area contributed by atoms with E-state index in [-0.39, 0.29) is 11.9 Å². The molecule has 1 aliphatic rings. The van der Waals surface area contributed by atoms with E-state index in [1.54, 1.807) is 12.1 Å². The lowest BCUT2D eigenvalue weighted by molar-refractivity contribution is -0.0291. The lowest BCUT2D eigenvalue weighted by atomic mass is 9.88. The maximum absolute atomic E-state index is 13.9. The fourth-order valence-electron chi connectivity index (χ4n) is 2.54. The molecule has 2 atom stereocenters. The van der Waals surface area contributed by atoms with Crippen LogP contribution in [-0.4, -0.2) is 20.2 Å². The van der Waals surface area contributed by atoms with Crippen molar-refractivity contribution in [2.75, 3.05) is 20.2 Å². The van der Waals surface area contributed by atoms with Crippen molar-refractivity contribution in [1.29, 1.82) is 0 Å². The minimum Gasteiger partial charge on any atom is -0.373 e. The SMILES string of the molecule is CNCC1CCCOC1c1cc(C)ccc1F. The van der Waals surface area contributed by atoms with Gasteiger partial charge in [0.25, 0.3) is 0 Å². The normalized spacial score (nSPS) is 24.9. The number of hydrogen-bond acceptors (Lipinski definition) is 2. The number of ether oxygens (including phenoxy) is 1. The van der Waals surface area contributed by atoms with Crippen molar-refractivity contribution >= 4 is 0 Å². The molecule has 1 saturated heterocycles. The molecule has 0 saturated carbocycles. The second-order valence-electron chi connectivity index (χ2n) is 4.78. The first-order valence-corrected chi connectivity index (χ1v) is 6.24. The number of nitrogens with one attached hydrogen (secondary N) is 1. The summed E-state index contributed by atoms with van der Waals surface area (Å²) >= 11 is 0. The first-order valence-electron chi connectivity index (χ1n) is 6.24. The van der Waals surface area contributed by atoms with Crippen LogP contribution in [0.3, 0.4) is 0 Å². The molecule has 94 valence electrons. The summed E-state index contributed by atoms with van der Waals surface area (Å²) in [5.74, 6) is 0.216. The van der Waals surface area contributed by atoms with Crippen molar-refractivity contribution in [3.8, 4) is 0 Å². The highest BCUT2D eigenvalue weighted by molar-refractivity contribution is 5.26. The van der Waals surface area contributed by atoms with Crippen molar-refractivity contribution in [3.63, 3.8) is 0 Å². The molecular weight excluding hydrogens is 217 g/mol. The van der Waals surface area contributed by atoms with Crippen molar-refractivity contribution in [2.24, 2.45) is 5.92 Å². The van der Waals surface area contributed by atoms with Crippen molar-refractivity contribution in [3.05, 3.63) is 35.1 Å². The Morgan fingerprint density at radius 1 is 1.47 bits per heavy atom. The van der Waals surface area contributed by atoms with Crippen LogP contribution in [-0.2, 0) is 4.74 Å². The van der Waals surface area contributed by atoms with E-state index in [4.69, 9.17) is 4.74 Å². The van der Waals surface area contributed by atoms with Crippen LogP contribution < -0.4 is 5.32 Å². The van der Waals surface area contributed by atoms with Crippen molar-refractivity contribution in [1.82, 2.24) is 5.32 Å². The number of hydrogen-bond donors (Lipinski definition) is 1. The van der Waals surface area contributed by atoms with E-state index >= 15 is 0 Å². The molecule has 0 spiro atoms. The zero-order valence-electron chi connectivity index (χ0n) is 10.5. The largest absolute Gasteiger partial charge is 0.373 e. The van der Waals surface area contributed by atoms with Crippen LogP contribution in [0.15, 0.2) is 18.2 Å². The van der Waals surface area contributed by atoms with Gasteiger partial charge in [0, 0.05) is 24.6 Å². The van der Waals surface area contributed by atoms with Crippen LogP contribution >= 0.6 is 0 Å². The fraction of sp³-hybridized carbons (Fsp3) is 0.571. The molecular formula is C14H20FNO. The zero-order valence-corrected chi connectivity index (χ0v) is 10.5. The smallest absolute Gasteiger partial charge is 0.129 e. The number of rotatable bonds is 3. The standard InChI is InChI=1S/C14H20FNO/c1-10-5-6-13(15)12(8-10)14-11(9-16-2)4-3-7-17-14/h5-6,8,11,14,16H,3-4,7,9H2,1-2H3. The van der Waals surface area contributed by atoms with Crippen LogP contribution in [0, 0.1) is 18.7 Å². The van der Waals surface area contributed by atoms with Crippen LogP contribution in [0.5, 0.6) is 0 Å². The van der Waals surface area contributed by atoms with E-state index in [1.165, 1.54) is 0 Å². The Kier molecular flexibility index (Phi) is 4.13. The molecule has 2 unspecified atom stereocenters. The molecule has 1 heterocycles. The summed E-state index contributed by atoms with van der Waals surface area (Å²) in [5.41, 5.74) is 1.80. The topological polar surface area (TPSA) is 21.3 Å². The van der Waals surface area contributed by atoms with Crippen LogP contribution in [0.25, 0.3) is 0 Å². The third-order valence-corrected chi connectivity index (χ3v) is 3.37. The van der Waals surface area contributed by atoms with E-state index in [2.05, 4.69) is 5.32 Å². The van der Waals surface area contributed by atoms with E-state index in [9.17, 15) is 4.39 Å². The summed E-state index contributed by atoms with van der Waals surface area (Å²) in [4.78, 5) is 0. The molecule has 0 radical (unpaired) electrons. The lowest BCUT2D eigenvalue weighted by Gasteiger charge is -2.32. The van der Waals surface area contributed by atoms with E-state index < -0.39 is 0 Å². The lowest BCUT2D eigenvalue weighted by Crippen LogP contribution is -2.30. The summed E-state index contributed by atoms with van der Waals surface area (Å²) in [6, 6.07) is 5.25. The summed E-state index contributed by atoms with van der Waals surface area (Å²) in [5, 5.41) is 3.17. The molecule has 1 aromatic carbocycles. The van der Waals surface area contributed by atoms with Gasteiger partial charge in [-0.1, -0.05) is 17.7 Å². The van der Waals surface area contributed by atoms with Gasteiger partial charge >= 0.3 is 0 Å². The quantitative estimate of drug-likeness (QED) is 0.872. The van der Waals surface area contributed by atoms with Gasteiger partial charge in [-0.15, -0.1) is 0 Å². The maximum Gasteiger partial charge on any atom is 0.129 e. The van der Waals surface area contributed by atoms with E-state index in [0.717, 1.165) is 31.6 Å². The number of halogens is 1. The van der Waals surface area contributed by atoms with Gasteiger partial charge in [0.05, 0.1) is 6.10 Å². The van der Waals surface area contributed by atoms with Crippen LogP contribution in [0.1, 0.15) is 30.1 Å². The van der Waals surface area contributed by atoms with Gasteiger partial charge in [0.1, 0.15) is 5.82 Å². The molecule has 17 heavy (non-hydrogen) atoms. The predicted molar refractivity (Wildman–Crippen MR) is 66.5 cm³/mol. The molecule has 2 nitrogen and oxygen atoms in total.